The maximum atomic E-state index is 12.3. The monoisotopic (exact) mass is 261 g/mol. The van der Waals surface area contributed by atoms with Gasteiger partial charge in [0.2, 0.25) is 0 Å². The van der Waals surface area contributed by atoms with Gasteiger partial charge in [-0.15, -0.1) is 0 Å². The number of amides is 2. The van der Waals surface area contributed by atoms with Crippen molar-refractivity contribution in [3.8, 4) is 0 Å². The molecule has 0 atom stereocenters. The van der Waals surface area contributed by atoms with Gasteiger partial charge in [0.15, 0.2) is 0 Å². The van der Waals surface area contributed by atoms with E-state index in [1.165, 1.54) is 4.90 Å². The van der Waals surface area contributed by atoms with Gasteiger partial charge in [-0.25, -0.2) is 0 Å². The Morgan fingerprint density at radius 1 is 0.947 bits per heavy atom. The molecule has 1 aromatic carbocycles. The van der Waals surface area contributed by atoms with Crippen molar-refractivity contribution in [1.82, 2.24) is 4.90 Å². The minimum atomic E-state index is -0.176. The average Bonchev–Trinajstić information content (AvgIpc) is 2.64. The molecule has 4 nitrogen and oxygen atoms in total. The molecule has 102 valence electrons. The molecular weight excluding hydrogens is 242 g/mol. The lowest BCUT2D eigenvalue weighted by atomic mass is 9.99. The molecule has 4 heteroatoms. The molecule has 1 heterocycles. The van der Waals surface area contributed by atoms with Crippen molar-refractivity contribution < 1.29 is 14.7 Å². The van der Waals surface area contributed by atoms with Crippen molar-refractivity contribution >= 4 is 11.8 Å². The number of rotatable bonds is 5. The number of aryl methyl sites for hydroxylation is 2. The second-order valence-electron chi connectivity index (χ2n) is 5.00. The number of fused-ring (bicyclic) bond motifs is 1. The molecule has 0 aromatic heterocycles. The number of imide groups is 1. The first-order valence-electron chi connectivity index (χ1n) is 6.65. The summed E-state index contributed by atoms with van der Waals surface area (Å²) in [6.45, 7) is 4.31. The molecular formula is C15H19NO3. The van der Waals surface area contributed by atoms with E-state index in [2.05, 4.69) is 0 Å². The van der Waals surface area contributed by atoms with Crippen LogP contribution in [0.25, 0.3) is 0 Å². The molecule has 1 N–H and O–H groups in total. The first-order valence-corrected chi connectivity index (χ1v) is 6.65. The van der Waals surface area contributed by atoms with Crippen LogP contribution in [0.1, 0.15) is 51.1 Å². The first-order chi connectivity index (χ1) is 9.07. The zero-order valence-corrected chi connectivity index (χ0v) is 11.4. The summed E-state index contributed by atoms with van der Waals surface area (Å²) >= 11 is 0. The molecule has 0 bridgehead atoms. The molecule has 0 unspecified atom stereocenters. The summed E-state index contributed by atoms with van der Waals surface area (Å²) in [6.07, 6.45) is 2.27. The van der Waals surface area contributed by atoms with Gasteiger partial charge >= 0.3 is 0 Å². The smallest absolute Gasteiger partial charge is 0.261 e. The maximum absolute atomic E-state index is 12.3. The lowest BCUT2D eigenvalue weighted by Gasteiger charge is -2.13. The highest BCUT2D eigenvalue weighted by molar-refractivity contribution is 6.22. The minimum absolute atomic E-state index is 0.153. The molecule has 2 rings (SSSR count). The van der Waals surface area contributed by atoms with Crippen LogP contribution in [-0.4, -0.2) is 35.0 Å². The normalized spacial score (nSPS) is 14.2. The van der Waals surface area contributed by atoms with Crippen LogP contribution < -0.4 is 0 Å². The number of benzene rings is 1. The number of aliphatic hydroxyl groups excluding tert-OH is 1. The van der Waals surface area contributed by atoms with Crippen LogP contribution in [0, 0.1) is 13.8 Å². The van der Waals surface area contributed by atoms with Crippen molar-refractivity contribution in [2.24, 2.45) is 0 Å². The summed E-state index contributed by atoms with van der Waals surface area (Å²) in [5.74, 6) is -0.351. The summed E-state index contributed by atoms with van der Waals surface area (Å²) in [5.41, 5.74) is 2.84. The SMILES string of the molecule is Cc1ccc(C)c2c1C(=O)N(CCCCCO)C2=O. The molecule has 2 amide bonds. The van der Waals surface area contributed by atoms with E-state index in [0.29, 0.717) is 24.1 Å². The highest BCUT2D eigenvalue weighted by Crippen LogP contribution is 2.28. The van der Waals surface area contributed by atoms with Gasteiger partial charge in [0.25, 0.3) is 11.8 Å². The Balaban J connectivity index is 2.20. The van der Waals surface area contributed by atoms with Gasteiger partial charge in [0.05, 0.1) is 11.1 Å². The van der Waals surface area contributed by atoms with Gasteiger partial charge in [0.1, 0.15) is 0 Å². The molecule has 1 aliphatic rings. The zero-order valence-electron chi connectivity index (χ0n) is 11.4. The van der Waals surface area contributed by atoms with Gasteiger partial charge in [-0.05, 0) is 44.2 Å². The number of carbonyl (C=O) groups excluding carboxylic acids is 2. The Morgan fingerprint density at radius 3 is 1.95 bits per heavy atom. The maximum Gasteiger partial charge on any atom is 0.261 e. The topological polar surface area (TPSA) is 57.6 Å². The number of aliphatic hydroxyl groups is 1. The van der Waals surface area contributed by atoms with Gasteiger partial charge in [0, 0.05) is 13.2 Å². The van der Waals surface area contributed by atoms with E-state index in [0.717, 1.165) is 24.0 Å². The summed E-state index contributed by atoms with van der Waals surface area (Å²) in [4.78, 5) is 25.9. The highest BCUT2D eigenvalue weighted by atomic mass is 16.3. The molecule has 0 aliphatic carbocycles. The third kappa shape index (κ3) is 2.40. The molecule has 0 spiro atoms. The summed E-state index contributed by atoms with van der Waals surface area (Å²) in [7, 11) is 0. The highest BCUT2D eigenvalue weighted by Gasteiger charge is 2.37. The molecule has 1 aromatic rings. The van der Waals surface area contributed by atoms with E-state index in [4.69, 9.17) is 5.11 Å². The van der Waals surface area contributed by atoms with Gasteiger partial charge in [-0.3, -0.25) is 14.5 Å². The number of hydrogen-bond acceptors (Lipinski definition) is 3. The van der Waals surface area contributed by atoms with Crippen LogP contribution in [-0.2, 0) is 0 Å². The fraction of sp³-hybridized carbons (Fsp3) is 0.467. The molecule has 19 heavy (non-hydrogen) atoms. The third-order valence-electron chi connectivity index (χ3n) is 3.58. The van der Waals surface area contributed by atoms with E-state index in [1.54, 1.807) is 0 Å². The predicted molar refractivity (Wildman–Crippen MR) is 72.2 cm³/mol. The van der Waals surface area contributed by atoms with Gasteiger partial charge < -0.3 is 5.11 Å². The van der Waals surface area contributed by atoms with Crippen molar-refractivity contribution in [1.29, 1.82) is 0 Å². The molecule has 0 radical (unpaired) electrons. The van der Waals surface area contributed by atoms with E-state index in [-0.39, 0.29) is 18.4 Å². The number of carbonyl (C=O) groups is 2. The van der Waals surface area contributed by atoms with Crippen molar-refractivity contribution in [3.63, 3.8) is 0 Å². The van der Waals surface area contributed by atoms with E-state index in [9.17, 15) is 9.59 Å². The number of hydrogen-bond donors (Lipinski definition) is 1. The lowest BCUT2D eigenvalue weighted by molar-refractivity contribution is 0.0651. The van der Waals surface area contributed by atoms with Gasteiger partial charge in [-0.1, -0.05) is 12.1 Å². The second-order valence-corrected chi connectivity index (χ2v) is 5.00. The van der Waals surface area contributed by atoms with E-state index in [1.807, 2.05) is 26.0 Å². The van der Waals surface area contributed by atoms with Crippen LogP contribution in [0.4, 0.5) is 0 Å². The zero-order chi connectivity index (χ0) is 14.0. The molecule has 0 saturated carbocycles. The lowest BCUT2D eigenvalue weighted by Crippen LogP contribution is -2.30. The Hall–Kier alpha value is -1.68. The minimum Gasteiger partial charge on any atom is -0.396 e. The van der Waals surface area contributed by atoms with E-state index >= 15 is 0 Å². The van der Waals surface area contributed by atoms with Crippen LogP contribution in [0.3, 0.4) is 0 Å². The summed E-state index contributed by atoms with van der Waals surface area (Å²) < 4.78 is 0. The second kappa shape index (κ2) is 5.53. The Kier molecular flexibility index (Phi) is 4.00. The predicted octanol–water partition coefficient (Wildman–Crippen LogP) is 2.06. The molecule has 0 fully saturated rings. The fourth-order valence-corrected chi connectivity index (χ4v) is 2.49. The molecule has 0 saturated heterocycles. The van der Waals surface area contributed by atoms with Crippen LogP contribution in [0.2, 0.25) is 0 Å². The Bertz CT molecular complexity index is 481. The first kappa shape index (κ1) is 13.7. The average molecular weight is 261 g/mol. The molecule has 1 aliphatic heterocycles. The van der Waals surface area contributed by atoms with Crippen molar-refractivity contribution in [3.05, 3.63) is 34.4 Å². The fourth-order valence-electron chi connectivity index (χ4n) is 2.49. The van der Waals surface area contributed by atoms with Crippen LogP contribution in [0.5, 0.6) is 0 Å². The van der Waals surface area contributed by atoms with Crippen LogP contribution >= 0.6 is 0 Å². The summed E-state index contributed by atoms with van der Waals surface area (Å²) in [6, 6.07) is 3.77. The Morgan fingerprint density at radius 2 is 1.47 bits per heavy atom. The van der Waals surface area contributed by atoms with Crippen LogP contribution in [0.15, 0.2) is 12.1 Å². The van der Waals surface area contributed by atoms with Crippen molar-refractivity contribution in [2.75, 3.05) is 13.2 Å². The largest absolute Gasteiger partial charge is 0.396 e. The quantitative estimate of drug-likeness (QED) is 0.652. The van der Waals surface area contributed by atoms with E-state index < -0.39 is 0 Å². The summed E-state index contributed by atoms with van der Waals surface area (Å²) in [5, 5.41) is 8.73. The number of nitrogens with zero attached hydrogens (tertiary/aromatic N) is 1. The standard InChI is InChI=1S/C15H19NO3/c1-10-6-7-11(2)13-12(10)14(18)16(15(13)19)8-4-3-5-9-17/h6-7,17H,3-5,8-9H2,1-2H3. The van der Waals surface area contributed by atoms with Gasteiger partial charge in [-0.2, -0.15) is 0 Å². The third-order valence-corrected chi connectivity index (χ3v) is 3.58. The van der Waals surface area contributed by atoms with Crippen molar-refractivity contribution in [2.45, 2.75) is 33.1 Å². The number of unbranched alkanes of at least 4 members (excludes halogenated alkanes) is 2. The Labute approximate surface area is 113 Å².